The van der Waals surface area contributed by atoms with Gasteiger partial charge < -0.3 is 20.3 Å². The number of benzene rings is 1. The molecule has 3 atom stereocenters. The molecule has 2 aliphatic rings. The van der Waals surface area contributed by atoms with Crippen LogP contribution in [0.15, 0.2) is 18.2 Å². The van der Waals surface area contributed by atoms with Gasteiger partial charge in [-0.25, -0.2) is 0 Å². The van der Waals surface area contributed by atoms with Crippen molar-refractivity contribution in [3.05, 3.63) is 29.3 Å². The maximum atomic E-state index is 11.9. The van der Waals surface area contributed by atoms with E-state index in [-0.39, 0.29) is 23.5 Å². The van der Waals surface area contributed by atoms with Crippen LogP contribution >= 0.6 is 0 Å². The zero-order valence-corrected chi connectivity index (χ0v) is 19.5. The first-order valence-electron chi connectivity index (χ1n) is 12.3. The van der Waals surface area contributed by atoms with E-state index < -0.39 is 5.97 Å². The maximum Gasteiger partial charge on any atom is 0.306 e. The van der Waals surface area contributed by atoms with E-state index in [9.17, 15) is 15.0 Å². The first-order chi connectivity index (χ1) is 14.9. The number of rotatable bonds is 10. The van der Waals surface area contributed by atoms with E-state index in [1.54, 1.807) is 13.2 Å². The molecule has 2 aliphatic carbocycles. The molecule has 3 rings (SSSR count). The van der Waals surface area contributed by atoms with Crippen LogP contribution in [0, 0.1) is 11.8 Å². The molecule has 0 heterocycles. The molecule has 0 bridgehead atoms. The average Bonchev–Trinajstić information content (AvgIpc) is 2.78. The fraction of sp³-hybridized carbons (Fsp3) is 0.731. The number of aromatic hydroxyl groups is 1. The molecule has 1 fully saturated rings. The summed E-state index contributed by atoms with van der Waals surface area (Å²) in [6.45, 7) is 5.07. The predicted octanol–water partition coefficient (Wildman–Crippen LogP) is 5.04. The minimum atomic E-state index is -0.660. The number of carboxylic acid groups (broad SMARTS) is 1. The van der Waals surface area contributed by atoms with Crippen LogP contribution in [0.4, 0.5) is 0 Å². The van der Waals surface area contributed by atoms with Crippen LogP contribution in [0.3, 0.4) is 0 Å². The van der Waals surface area contributed by atoms with Gasteiger partial charge in [-0.2, -0.15) is 0 Å². The number of carboxylic acids is 1. The zero-order chi connectivity index (χ0) is 22.4. The highest BCUT2D eigenvalue weighted by atomic mass is 16.5. The van der Waals surface area contributed by atoms with Gasteiger partial charge in [0.1, 0.15) is 5.75 Å². The lowest BCUT2D eigenvalue weighted by Crippen LogP contribution is -2.59. The van der Waals surface area contributed by atoms with Crippen LogP contribution in [0.1, 0.15) is 82.8 Å². The Kier molecular flexibility index (Phi) is 8.40. The Morgan fingerprint density at radius 3 is 2.55 bits per heavy atom. The highest BCUT2D eigenvalue weighted by Gasteiger charge is 2.46. The summed E-state index contributed by atoms with van der Waals surface area (Å²) in [4.78, 5) is 11.9. The van der Waals surface area contributed by atoms with Crippen molar-refractivity contribution in [1.82, 2.24) is 5.32 Å². The Bertz CT molecular complexity index is 724. The molecule has 0 radical (unpaired) electrons. The van der Waals surface area contributed by atoms with Gasteiger partial charge in [0.15, 0.2) is 0 Å². The van der Waals surface area contributed by atoms with Crippen LogP contribution in [0.25, 0.3) is 0 Å². The number of phenolic OH excluding ortho intramolecular Hbond substituents is 1. The number of nitrogens with one attached hydrogen (secondary N) is 1. The predicted molar refractivity (Wildman–Crippen MR) is 124 cm³/mol. The van der Waals surface area contributed by atoms with E-state index in [2.05, 4.69) is 19.2 Å². The van der Waals surface area contributed by atoms with Crippen molar-refractivity contribution in [1.29, 1.82) is 0 Å². The third kappa shape index (κ3) is 5.25. The molecule has 0 amide bonds. The SMILES string of the molecule is CCC1(CC)c2cc(O)ccc2C[C@H](OC)[C@H]1NCC[C@H](CC1CCCCC1)C(=O)O. The highest BCUT2D eigenvalue weighted by molar-refractivity contribution is 5.69. The number of ether oxygens (including phenoxy) is 1. The lowest BCUT2D eigenvalue weighted by atomic mass is 9.62. The van der Waals surface area contributed by atoms with Crippen molar-refractivity contribution in [3.63, 3.8) is 0 Å². The second-order valence-electron chi connectivity index (χ2n) is 9.68. The smallest absolute Gasteiger partial charge is 0.306 e. The van der Waals surface area contributed by atoms with Gasteiger partial charge in [-0.3, -0.25) is 4.79 Å². The third-order valence-corrected chi connectivity index (χ3v) is 8.13. The average molecular weight is 432 g/mol. The van der Waals surface area contributed by atoms with Crippen molar-refractivity contribution < 1.29 is 19.7 Å². The summed E-state index contributed by atoms with van der Waals surface area (Å²) >= 11 is 0. The van der Waals surface area contributed by atoms with Crippen molar-refractivity contribution in [2.75, 3.05) is 13.7 Å². The van der Waals surface area contributed by atoms with Crippen molar-refractivity contribution in [3.8, 4) is 5.75 Å². The molecule has 5 heteroatoms. The summed E-state index contributed by atoms with van der Waals surface area (Å²) in [6.07, 6.45) is 10.3. The van der Waals surface area contributed by atoms with Crippen LogP contribution in [-0.2, 0) is 21.4 Å². The fourth-order valence-electron chi connectivity index (χ4n) is 6.26. The number of hydrogen-bond acceptors (Lipinski definition) is 4. The highest BCUT2D eigenvalue weighted by Crippen LogP contribution is 2.44. The Morgan fingerprint density at radius 1 is 1.23 bits per heavy atom. The summed E-state index contributed by atoms with van der Waals surface area (Å²) in [5.41, 5.74) is 2.31. The maximum absolute atomic E-state index is 11.9. The summed E-state index contributed by atoms with van der Waals surface area (Å²) in [5.74, 6) is -0.0736. The number of hydrogen-bond donors (Lipinski definition) is 3. The van der Waals surface area contributed by atoms with E-state index >= 15 is 0 Å². The minimum absolute atomic E-state index is 0.0264. The van der Waals surface area contributed by atoms with Gasteiger partial charge in [0, 0.05) is 25.0 Å². The third-order valence-electron chi connectivity index (χ3n) is 8.13. The Morgan fingerprint density at radius 2 is 1.94 bits per heavy atom. The molecule has 0 aromatic heterocycles. The molecule has 1 saturated carbocycles. The minimum Gasteiger partial charge on any atom is -0.508 e. The van der Waals surface area contributed by atoms with Gasteiger partial charge in [0.2, 0.25) is 0 Å². The summed E-state index contributed by atoms with van der Waals surface area (Å²) < 4.78 is 5.93. The molecule has 31 heavy (non-hydrogen) atoms. The van der Waals surface area contributed by atoms with Crippen molar-refractivity contribution >= 4 is 5.97 Å². The van der Waals surface area contributed by atoms with Gasteiger partial charge >= 0.3 is 5.97 Å². The van der Waals surface area contributed by atoms with Crippen LogP contribution in [0.5, 0.6) is 5.75 Å². The molecular formula is C26H41NO4. The largest absolute Gasteiger partial charge is 0.508 e. The molecule has 5 nitrogen and oxygen atoms in total. The number of fused-ring (bicyclic) bond motifs is 1. The lowest BCUT2D eigenvalue weighted by molar-refractivity contribution is -0.142. The topological polar surface area (TPSA) is 78.8 Å². The molecular weight excluding hydrogens is 390 g/mol. The monoisotopic (exact) mass is 431 g/mol. The molecule has 0 spiro atoms. The van der Waals surface area contributed by atoms with Gasteiger partial charge in [0.25, 0.3) is 0 Å². The van der Waals surface area contributed by atoms with Gasteiger partial charge in [0.05, 0.1) is 12.0 Å². The van der Waals surface area contributed by atoms with E-state index in [0.29, 0.717) is 24.6 Å². The zero-order valence-electron chi connectivity index (χ0n) is 19.5. The van der Waals surface area contributed by atoms with Gasteiger partial charge in [-0.15, -0.1) is 0 Å². The first-order valence-corrected chi connectivity index (χ1v) is 12.3. The fourth-order valence-corrected chi connectivity index (χ4v) is 6.26. The van der Waals surface area contributed by atoms with E-state index in [0.717, 1.165) is 25.7 Å². The molecule has 1 aromatic rings. The summed E-state index contributed by atoms with van der Waals surface area (Å²) in [5, 5.41) is 23.7. The summed E-state index contributed by atoms with van der Waals surface area (Å²) in [7, 11) is 1.77. The van der Waals surface area contributed by atoms with Crippen LogP contribution in [0.2, 0.25) is 0 Å². The molecule has 0 unspecified atom stereocenters. The van der Waals surface area contributed by atoms with Crippen LogP contribution in [-0.4, -0.2) is 42.0 Å². The molecule has 3 N–H and O–H groups in total. The van der Waals surface area contributed by atoms with Gasteiger partial charge in [-0.05, 0) is 61.4 Å². The molecule has 1 aromatic carbocycles. The Labute approximate surface area is 187 Å². The van der Waals surface area contributed by atoms with Crippen molar-refractivity contribution in [2.24, 2.45) is 11.8 Å². The Hall–Kier alpha value is -1.59. The lowest BCUT2D eigenvalue weighted by Gasteiger charge is -2.49. The number of carbonyl (C=O) groups is 1. The van der Waals surface area contributed by atoms with Gasteiger partial charge in [-0.1, -0.05) is 52.0 Å². The molecule has 0 aliphatic heterocycles. The summed E-state index contributed by atoms with van der Waals surface area (Å²) in [6, 6.07) is 5.80. The van der Waals surface area contributed by atoms with Crippen molar-refractivity contribution in [2.45, 2.75) is 95.6 Å². The van der Waals surface area contributed by atoms with E-state index in [4.69, 9.17) is 4.74 Å². The standard InChI is InChI=1S/C26H41NO4/c1-4-26(5-2)22-17-21(28)12-11-19(22)16-23(31-3)24(26)27-14-13-20(25(29)30)15-18-9-7-6-8-10-18/h11-12,17-18,20,23-24,27-28H,4-10,13-16H2,1-3H3,(H,29,30)/t20-,23+,24-/m1/s1. The van der Waals surface area contributed by atoms with E-state index in [1.165, 1.54) is 43.2 Å². The number of phenols is 1. The molecule has 0 saturated heterocycles. The Balaban J connectivity index is 1.73. The number of aliphatic carboxylic acids is 1. The normalized spacial score (nSPS) is 24.5. The first kappa shape index (κ1) is 24.1. The second-order valence-corrected chi connectivity index (χ2v) is 9.68. The second kappa shape index (κ2) is 10.8. The quantitative estimate of drug-likeness (QED) is 0.484. The molecule has 174 valence electrons. The van der Waals surface area contributed by atoms with E-state index in [1.807, 2.05) is 12.1 Å². The van der Waals surface area contributed by atoms with Crippen LogP contribution < -0.4 is 5.32 Å². The number of methoxy groups -OCH3 is 1.